The van der Waals surface area contributed by atoms with Gasteiger partial charge in [0.1, 0.15) is 17.8 Å². The Morgan fingerprint density at radius 2 is 2.24 bits per heavy atom. The molecular weight excluding hydrogens is 276 g/mol. The number of amides is 3. The van der Waals surface area contributed by atoms with Gasteiger partial charge in [-0.2, -0.15) is 0 Å². The average molecular weight is 290 g/mol. The van der Waals surface area contributed by atoms with Gasteiger partial charge in [0.2, 0.25) is 0 Å². The molecule has 1 spiro atoms. The summed E-state index contributed by atoms with van der Waals surface area (Å²) in [6, 6.07) is 4.72. The van der Waals surface area contributed by atoms with Gasteiger partial charge < -0.3 is 15.2 Å². The molecule has 21 heavy (non-hydrogen) atoms. The highest BCUT2D eigenvalue weighted by atomic mass is 16.5. The van der Waals surface area contributed by atoms with Crippen LogP contribution in [0.5, 0.6) is 5.75 Å². The summed E-state index contributed by atoms with van der Waals surface area (Å²) in [5, 5.41) is 11.5. The molecule has 0 aromatic heterocycles. The third kappa shape index (κ3) is 1.84. The van der Waals surface area contributed by atoms with Crippen molar-refractivity contribution in [3.8, 4) is 5.75 Å². The smallest absolute Gasteiger partial charge is 0.325 e. The summed E-state index contributed by atoms with van der Waals surface area (Å²) < 4.78 is 5.16. The van der Waals surface area contributed by atoms with E-state index in [1.54, 1.807) is 12.1 Å². The van der Waals surface area contributed by atoms with E-state index < -0.39 is 30.0 Å². The Labute approximate surface area is 120 Å². The van der Waals surface area contributed by atoms with Crippen LogP contribution in [0.1, 0.15) is 17.5 Å². The minimum atomic E-state index is -1.22. The van der Waals surface area contributed by atoms with Crippen molar-refractivity contribution in [3.63, 3.8) is 0 Å². The summed E-state index contributed by atoms with van der Waals surface area (Å²) in [7, 11) is 1.52. The fourth-order valence-corrected chi connectivity index (χ4v) is 3.01. The van der Waals surface area contributed by atoms with E-state index in [1.165, 1.54) is 7.11 Å². The molecule has 1 aromatic rings. The Hall–Kier alpha value is -2.57. The Morgan fingerprint density at radius 3 is 2.90 bits per heavy atom. The van der Waals surface area contributed by atoms with Crippen molar-refractivity contribution in [2.75, 3.05) is 13.7 Å². The Morgan fingerprint density at radius 1 is 1.48 bits per heavy atom. The number of nitrogens with one attached hydrogen (secondary N) is 1. The van der Waals surface area contributed by atoms with Gasteiger partial charge in [-0.15, -0.1) is 0 Å². The number of carboxylic acids is 1. The molecule has 7 nitrogen and oxygen atoms in total. The van der Waals surface area contributed by atoms with Gasteiger partial charge in [-0.3, -0.25) is 14.5 Å². The number of imide groups is 1. The Kier molecular flexibility index (Phi) is 2.86. The molecule has 1 aliphatic heterocycles. The van der Waals surface area contributed by atoms with Crippen LogP contribution in [-0.2, 0) is 21.5 Å². The van der Waals surface area contributed by atoms with Gasteiger partial charge >= 0.3 is 12.0 Å². The van der Waals surface area contributed by atoms with Gasteiger partial charge in [-0.1, -0.05) is 6.07 Å². The molecule has 0 radical (unpaired) electrons. The van der Waals surface area contributed by atoms with Crippen molar-refractivity contribution in [1.82, 2.24) is 10.2 Å². The van der Waals surface area contributed by atoms with Crippen LogP contribution >= 0.6 is 0 Å². The maximum absolute atomic E-state index is 12.6. The minimum Gasteiger partial charge on any atom is -0.497 e. The van der Waals surface area contributed by atoms with E-state index in [1.807, 2.05) is 6.07 Å². The van der Waals surface area contributed by atoms with Gasteiger partial charge in [0.25, 0.3) is 5.91 Å². The number of carbonyl (C=O) groups excluding carboxylic acids is 2. The first kappa shape index (κ1) is 13.4. The normalized spacial score (nSPS) is 23.4. The van der Waals surface area contributed by atoms with E-state index in [2.05, 4.69) is 5.32 Å². The van der Waals surface area contributed by atoms with Crippen LogP contribution in [0.3, 0.4) is 0 Å². The van der Waals surface area contributed by atoms with E-state index in [4.69, 9.17) is 9.84 Å². The summed E-state index contributed by atoms with van der Waals surface area (Å²) in [6.45, 7) is -0.633. The zero-order valence-corrected chi connectivity index (χ0v) is 11.4. The second-order valence-electron chi connectivity index (χ2n) is 5.14. The van der Waals surface area contributed by atoms with Gasteiger partial charge in [-0.25, -0.2) is 4.79 Å². The van der Waals surface area contributed by atoms with Crippen molar-refractivity contribution < 1.29 is 24.2 Å². The van der Waals surface area contributed by atoms with E-state index in [9.17, 15) is 14.4 Å². The molecule has 110 valence electrons. The first-order valence-electron chi connectivity index (χ1n) is 6.51. The molecule has 1 saturated heterocycles. The number of urea groups is 1. The Balaban J connectivity index is 2.04. The minimum absolute atomic E-state index is 0.427. The van der Waals surface area contributed by atoms with E-state index in [-0.39, 0.29) is 0 Å². The standard InChI is InChI=1S/C14H14N2O5/c1-21-9-3-2-8-4-5-14(10(8)6-9)12(19)16(7-11(17)18)13(20)15-14/h2-3,6H,4-5,7H2,1H3,(H,15,20)(H,17,18). The summed E-state index contributed by atoms with van der Waals surface area (Å²) >= 11 is 0. The van der Waals surface area contributed by atoms with Gasteiger partial charge in [0, 0.05) is 0 Å². The topological polar surface area (TPSA) is 95.9 Å². The number of benzene rings is 1. The van der Waals surface area contributed by atoms with E-state index in [0.29, 0.717) is 24.2 Å². The lowest BCUT2D eigenvalue weighted by Crippen LogP contribution is -2.42. The van der Waals surface area contributed by atoms with Crippen LogP contribution in [0.25, 0.3) is 0 Å². The number of nitrogens with zero attached hydrogens (tertiary/aromatic N) is 1. The summed E-state index contributed by atoms with van der Waals surface area (Å²) in [5.41, 5.74) is 0.492. The SMILES string of the molecule is COc1ccc2c(c1)C1(CC2)NC(=O)N(CC(=O)O)C1=O. The number of aliphatic carboxylic acids is 1. The number of carbonyl (C=O) groups is 3. The van der Waals surface area contributed by atoms with Gasteiger partial charge in [0.05, 0.1) is 7.11 Å². The lowest BCUT2D eigenvalue weighted by atomic mass is 9.91. The van der Waals surface area contributed by atoms with Crippen LogP contribution in [-0.4, -0.2) is 41.6 Å². The summed E-state index contributed by atoms with van der Waals surface area (Å²) in [6.07, 6.45) is 1.07. The molecule has 7 heteroatoms. The lowest BCUT2D eigenvalue weighted by molar-refractivity contribution is -0.142. The van der Waals surface area contributed by atoms with Gasteiger partial charge in [0.15, 0.2) is 0 Å². The third-order valence-corrected chi connectivity index (χ3v) is 4.02. The highest BCUT2D eigenvalue weighted by Gasteiger charge is 2.55. The van der Waals surface area contributed by atoms with E-state index in [0.717, 1.165) is 10.5 Å². The number of carboxylic acid groups (broad SMARTS) is 1. The second-order valence-corrected chi connectivity index (χ2v) is 5.14. The number of rotatable bonds is 3. The van der Waals surface area contributed by atoms with E-state index >= 15 is 0 Å². The zero-order chi connectivity index (χ0) is 15.2. The number of methoxy groups -OCH3 is 1. The highest BCUT2D eigenvalue weighted by molar-refractivity contribution is 6.09. The van der Waals surface area contributed by atoms with Crippen molar-refractivity contribution >= 4 is 17.9 Å². The van der Waals surface area contributed by atoms with Crippen molar-refractivity contribution in [1.29, 1.82) is 0 Å². The quantitative estimate of drug-likeness (QED) is 0.789. The molecule has 3 rings (SSSR count). The molecule has 1 heterocycles. The van der Waals surface area contributed by atoms with Crippen molar-refractivity contribution in [2.24, 2.45) is 0 Å². The number of hydrogen-bond donors (Lipinski definition) is 2. The van der Waals surface area contributed by atoms with Crippen LogP contribution < -0.4 is 10.1 Å². The van der Waals surface area contributed by atoms with Gasteiger partial charge in [-0.05, 0) is 36.1 Å². The summed E-state index contributed by atoms with van der Waals surface area (Å²) in [5.74, 6) is -1.14. The fourth-order valence-electron chi connectivity index (χ4n) is 3.01. The molecule has 3 amide bonds. The number of ether oxygens (including phenoxy) is 1. The highest BCUT2D eigenvalue weighted by Crippen LogP contribution is 2.42. The number of hydrogen-bond acceptors (Lipinski definition) is 4. The predicted octanol–water partition coefficient (Wildman–Crippen LogP) is 0.473. The molecule has 1 atom stereocenters. The predicted molar refractivity (Wildman–Crippen MR) is 70.9 cm³/mol. The summed E-state index contributed by atoms with van der Waals surface area (Å²) in [4.78, 5) is 36.1. The average Bonchev–Trinajstić information content (AvgIpc) is 2.93. The third-order valence-electron chi connectivity index (χ3n) is 4.02. The molecule has 1 aliphatic carbocycles. The molecular formula is C14H14N2O5. The van der Waals surface area contributed by atoms with Crippen LogP contribution in [0.4, 0.5) is 4.79 Å². The number of aryl methyl sites for hydroxylation is 1. The van der Waals surface area contributed by atoms with Crippen LogP contribution in [0.15, 0.2) is 18.2 Å². The van der Waals surface area contributed by atoms with Crippen LogP contribution in [0.2, 0.25) is 0 Å². The lowest BCUT2D eigenvalue weighted by Gasteiger charge is -2.22. The fraction of sp³-hybridized carbons (Fsp3) is 0.357. The molecule has 1 unspecified atom stereocenters. The molecule has 2 aliphatic rings. The largest absolute Gasteiger partial charge is 0.497 e. The number of fused-ring (bicyclic) bond motifs is 2. The maximum Gasteiger partial charge on any atom is 0.325 e. The van der Waals surface area contributed by atoms with Crippen molar-refractivity contribution in [2.45, 2.75) is 18.4 Å². The molecule has 1 fully saturated rings. The molecule has 0 saturated carbocycles. The second kappa shape index (κ2) is 4.47. The molecule has 1 aromatic carbocycles. The first-order chi connectivity index (χ1) is 9.98. The van der Waals surface area contributed by atoms with Crippen LogP contribution in [0, 0.1) is 0 Å². The maximum atomic E-state index is 12.6. The molecule has 2 N–H and O–H groups in total. The first-order valence-corrected chi connectivity index (χ1v) is 6.51. The monoisotopic (exact) mass is 290 g/mol. The molecule has 0 bridgehead atoms. The van der Waals surface area contributed by atoms with Crippen molar-refractivity contribution in [3.05, 3.63) is 29.3 Å². The Bertz CT molecular complexity index is 657. The zero-order valence-electron chi connectivity index (χ0n) is 11.4.